The number of halogens is 4. The maximum Gasteiger partial charge on any atom is 0.740 e. The van der Waals surface area contributed by atoms with E-state index in [4.69, 9.17) is 27.6 Å². The van der Waals surface area contributed by atoms with Gasteiger partial charge in [-0.05, 0) is 30.3 Å². The summed E-state index contributed by atoms with van der Waals surface area (Å²) in [6, 6.07) is 18.3. The molecule has 0 saturated carbocycles. The van der Waals surface area contributed by atoms with Crippen LogP contribution in [0.2, 0.25) is 10.0 Å². The number of hydrogen-bond donors (Lipinski definition) is 0. The molecule has 3 aromatic carbocycles. The first kappa shape index (κ1) is 16.6. The molecule has 1 aliphatic rings. The summed E-state index contributed by atoms with van der Waals surface area (Å²) in [5, 5.41) is 0.298. The number of benzene rings is 3. The third-order valence-electron chi connectivity index (χ3n) is 4.74. The topological polar surface area (TPSA) is 20.3 Å². The van der Waals surface area contributed by atoms with Crippen molar-refractivity contribution in [3.63, 3.8) is 0 Å². The van der Waals surface area contributed by atoms with E-state index in [1.165, 1.54) is 0 Å². The highest BCUT2D eigenvalue weighted by molar-refractivity contribution is 6.66. The normalized spacial score (nSPS) is 14.9. The maximum atomic E-state index is 15.9. The zero-order chi connectivity index (χ0) is 18.8. The van der Waals surface area contributed by atoms with Crippen molar-refractivity contribution in [3.05, 3.63) is 76.8 Å². The van der Waals surface area contributed by atoms with Crippen LogP contribution in [0.5, 0.6) is 0 Å². The lowest BCUT2D eigenvalue weighted by Crippen LogP contribution is -2.70. The lowest BCUT2D eigenvalue weighted by atomic mass is 9.85. The van der Waals surface area contributed by atoms with E-state index < -0.39 is 6.97 Å². The van der Waals surface area contributed by atoms with Crippen LogP contribution in [0, 0.1) is 0 Å². The Morgan fingerprint density at radius 2 is 1.52 bits per heavy atom. The van der Waals surface area contributed by atoms with Crippen LogP contribution < -0.4 is 9.29 Å². The SMILES string of the molecule is F[B-]1(F)N(c2c(Cl)cccc2Cl)c2ccccc2-c2oc3ccccc3[n+]21. The Morgan fingerprint density at radius 1 is 0.852 bits per heavy atom. The molecule has 0 bridgehead atoms. The average molecular weight is 403 g/mol. The molecule has 0 amide bonds. The standard InChI is InChI=1S/C19H11BCl2F2N2O/c21-13-7-5-8-14(22)18(13)25-15-9-2-1-6-12(15)19-26(20(25,23)24)16-10-3-4-11-17(16)27-19/h1-11H. The molecule has 0 N–H and O–H groups in total. The van der Waals surface area contributed by atoms with E-state index in [0.29, 0.717) is 16.7 Å². The van der Waals surface area contributed by atoms with Crippen molar-refractivity contribution < 1.29 is 17.5 Å². The average Bonchev–Trinajstić information content (AvgIpc) is 3.05. The van der Waals surface area contributed by atoms with Crippen LogP contribution in [0.25, 0.3) is 22.6 Å². The van der Waals surface area contributed by atoms with Crippen LogP contribution in [0.4, 0.5) is 20.0 Å². The summed E-state index contributed by atoms with van der Waals surface area (Å²) < 4.78 is 38.6. The van der Waals surface area contributed by atoms with Gasteiger partial charge in [-0.25, -0.2) is 0 Å². The first-order valence-electron chi connectivity index (χ1n) is 8.28. The fraction of sp³-hybridized carbons (Fsp3) is 0. The zero-order valence-electron chi connectivity index (χ0n) is 13.7. The van der Waals surface area contributed by atoms with Crippen molar-refractivity contribution in [2.45, 2.75) is 0 Å². The maximum absolute atomic E-state index is 15.9. The van der Waals surface area contributed by atoms with Gasteiger partial charge in [0.15, 0.2) is 5.58 Å². The second kappa shape index (κ2) is 5.71. The lowest BCUT2D eigenvalue weighted by Gasteiger charge is -2.39. The molecule has 0 fully saturated rings. The van der Waals surface area contributed by atoms with Gasteiger partial charge in [0.05, 0.1) is 10.0 Å². The summed E-state index contributed by atoms with van der Waals surface area (Å²) in [5.41, 5.74) is 1.59. The van der Waals surface area contributed by atoms with Crippen LogP contribution in [0.15, 0.2) is 71.1 Å². The Hall–Kier alpha value is -2.57. The fourth-order valence-corrected chi connectivity index (χ4v) is 4.22. The van der Waals surface area contributed by atoms with Crippen molar-refractivity contribution in [1.82, 2.24) is 0 Å². The summed E-state index contributed by atoms with van der Waals surface area (Å²) >= 11 is 12.6. The Labute approximate surface area is 163 Å². The lowest BCUT2D eigenvalue weighted by molar-refractivity contribution is -0.531. The van der Waals surface area contributed by atoms with Crippen LogP contribution in [0.1, 0.15) is 0 Å². The minimum atomic E-state index is -4.32. The van der Waals surface area contributed by atoms with E-state index >= 15 is 8.63 Å². The zero-order valence-corrected chi connectivity index (χ0v) is 15.3. The van der Waals surface area contributed by atoms with E-state index in [1.807, 2.05) is 0 Å². The molecule has 5 rings (SSSR count). The summed E-state index contributed by atoms with van der Waals surface area (Å²) in [5.74, 6) is 0.108. The minimum Gasteiger partial charge on any atom is -0.401 e. The largest absolute Gasteiger partial charge is 0.740 e. The molecule has 0 aliphatic carbocycles. The number of fused-ring (bicyclic) bond motifs is 5. The molecular weight excluding hydrogens is 392 g/mol. The van der Waals surface area contributed by atoms with Gasteiger partial charge in [0.2, 0.25) is 5.52 Å². The molecule has 0 spiro atoms. The van der Waals surface area contributed by atoms with E-state index in [-0.39, 0.29) is 27.3 Å². The van der Waals surface area contributed by atoms with Gasteiger partial charge in [0.1, 0.15) is 5.56 Å². The van der Waals surface area contributed by atoms with E-state index in [2.05, 4.69) is 0 Å². The molecule has 0 unspecified atom stereocenters. The molecule has 27 heavy (non-hydrogen) atoms. The Bertz CT molecular complexity index is 1190. The van der Waals surface area contributed by atoms with Gasteiger partial charge >= 0.3 is 12.9 Å². The van der Waals surface area contributed by atoms with Crippen LogP contribution in [-0.2, 0) is 0 Å². The van der Waals surface area contributed by atoms with Gasteiger partial charge < -0.3 is 17.9 Å². The van der Waals surface area contributed by atoms with Crippen molar-refractivity contribution in [2.24, 2.45) is 0 Å². The summed E-state index contributed by atoms with van der Waals surface area (Å²) in [7, 11) is 0. The highest BCUT2D eigenvalue weighted by Gasteiger charge is 2.57. The van der Waals surface area contributed by atoms with Crippen LogP contribution in [-0.4, -0.2) is 6.97 Å². The number of hydrogen-bond acceptors (Lipinski definition) is 2. The molecule has 134 valence electrons. The molecule has 1 aliphatic heterocycles. The van der Waals surface area contributed by atoms with Gasteiger partial charge in [-0.1, -0.05) is 53.5 Å². The molecule has 8 heteroatoms. The van der Waals surface area contributed by atoms with Crippen molar-refractivity contribution in [1.29, 1.82) is 0 Å². The molecular formula is C19H11BCl2F2N2O. The predicted octanol–water partition coefficient (Wildman–Crippen LogP) is 6.07. The van der Waals surface area contributed by atoms with Crippen LogP contribution >= 0.6 is 23.2 Å². The third-order valence-corrected chi connectivity index (χ3v) is 5.35. The molecule has 4 aromatic rings. The third kappa shape index (κ3) is 2.23. The number of para-hydroxylation sites is 4. The van der Waals surface area contributed by atoms with E-state index in [9.17, 15) is 0 Å². The van der Waals surface area contributed by atoms with Gasteiger partial charge in [0.25, 0.3) is 0 Å². The molecule has 0 atom stereocenters. The first-order valence-corrected chi connectivity index (χ1v) is 9.04. The number of oxazole rings is 1. The summed E-state index contributed by atoms with van der Waals surface area (Å²) in [6.45, 7) is -4.32. The first-order chi connectivity index (χ1) is 13.0. The van der Waals surface area contributed by atoms with Crippen LogP contribution in [0.3, 0.4) is 0 Å². The molecule has 0 saturated heterocycles. The van der Waals surface area contributed by atoms with Gasteiger partial charge in [0, 0.05) is 17.4 Å². The molecule has 1 aromatic heterocycles. The van der Waals surface area contributed by atoms with Crippen molar-refractivity contribution in [2.75, 3.05) is 4.81 Å². The quantitative estimate of drug-likeness (QED) is 0.360. The summed E-state index contributed by atoms with van der Waals surface area (Å²) in [4.78, 5) is 0.926. The molecule has 2 heterocycles. The van der Waals surface area contributed by atoms with Gasteiger partial charge in [-0.3, -0.25) is 4.48 Å². The Morgan fingerprint density at radius 3 is 2.30 bits per heavy atom. The smallest absolute Gasteiger partial charge is 0.401 e. The monoisotopic (exact) mass is 402 g/mol. The number of anilines is 2. The predicted molar refractivity (Wildman–Crippen MR) is 104 cm³/mol. The highest BCUT2D eigenvalue weighted by atomic mass is 35.5. The second-order valence-corrected chi connectivity index (χ2v) is 7.11. The Kier molecular flexibility index (Phi) is 3.51. The number of rotatable bonds is 1. The van der Waals surface area contributed by atoms with E-state index in [0.717, 1.165) is 9.29 Å². The number of aromatic nitrogens is 1. The second-order valence-electron chi connectivity index (χ2n) is 6.29. The highest BCUT2D eigenvalue weighted by Crippen LogP contribution is 2.47. The molecule has 0 radical (unpaired) electrons. The van der Waals surface area contributed by atoms with Crippen molar-refractivity contribution >= 4 is 52.6 Å². The Balaban J connectivity index is 1.92. The summed E-state index contributed by atoms with van der Waals surface area (Å²) in [6.07, 6.45) is 0. The van der Waals surface area contributed by atoms with Gasteiger partial charge in [-0.2, -0.15) is 0 Å². The molecule has 3 nitrogen and oxygen atoms in total. The van der Waals surface area contributed by atoms with E-state index in [1.54, 1.807) is 66.7 Å². The minimum absolute atomic E-state index is 0.0710. The van der Waals surface area contributed by atoms with Crippen molar-refractivity contribution in [3.8, 4) is 11.5 Å². The number of nitrogens with zero attached hydrogens (tertiary/aromatic N) is 2. The fourth-order valence-electron chi connectivity index (χ4n) is 3.64. The van der Waals surface area contributed by atoms with Gasteiger partial charge in [-0.15, -0.1) is 0 Å².